The predicted octanol–water partition coefficient (Wildman–Crippen LogP) is 5.40. The minimum Gasteiger partial charge on any atom is -0.383 e. The maximum Gasteiger partial charge on any atom is 0.417 e. The zero-order valence-electron chi connectivity index (χ0n) is 23.6. The number of nitrogens with two attached hydrogens (primary N) is 1. The average Bonchev–Trinajstić information content (AvgIpc) is 3.36. The van der Waals surface area contributed by atoms with Crippen LogP contribution in [0.3, 0.4) is 0 Å². The quantitative estimate of drug-likeness (QED) is 0.232. The average molecular weight is 623 g/mol. The second-order valence-electron chi connectivity index (χ2n) is 10.4. The van der Waals surface area contributed by atoms with Gasteiger partial charge in [-0.2, -0.15) is 13.2 Å². The molecular formula is C31H26ClF3N6O3. The van der Waals surface area contributed by atoms with Crippen molar-refractivity contribution in [3.8, 4) is 11.8 Å². The first-order valence-corrected chi connectivity index (χ1v) is 13.9. The van der Waals surface area contributed by atoms with Crippen molar-refractivity contribution < 1.29 is 27.6 Å². The Labute approximate surface area is 255 Å². The highest BCUT2D eigenvalue weighted by molar-refractivity contribution is 6.35. The van der Waals surface area contributed by atoms with Crippen molar-refractivity contribution in [3.05, 3.63) is 81.8 Å². The second-order valence-corrected chi connectivity index (χ2v) is 10.8. The van der Waals surface area contributed by atoms with Gasteiger partial charge in [-0.25, -0.2) is 9.97 Å². The van der Waals surface area contributed by atoms with Gasteiger partial charge in [0.2, 0.25) is 5.78 Å². The summed E-state index contributed by atoms with van der Waals surface area (Å²) in [6, 6.07) is 7.94. The maximum atomic E-state index is 13.3. The lowest BCUT2D eigenvalue weighted by Crippen LogP contribution is -2.41. The lowest BCUT2D eigenvalue weighted by molar-refractivity contribution is -0.144. The molecule has 0 bridgehead atoms. The van der Waals surface area contributed by atoms with Crippen LogP contribution in [0.15, 0.2) is 48.9 Å². The Morgan fingerprint density at radius 3 is 2.43 bits per heavy atom. The van der Waals surface area contributed by atoms with Crippen LogP contribution >= 0.6 is 11.6 Å². The molecule has 1 aliphatic rings. The first kappa shape index (κ1) is 30.6. The van der Waals surface area contributed by atoms with Crippen LogP contribution in [0.4, 0.5) is 24.7 Å². The molecule has 2 aromatic heterocycles. The Hall–Kier alpha value is -4.89. The van der Waals surface area contributed by atoms with E-state index < -0.39 is 34.4 Å². The molecule has 1 fully saturated rings. The number of hydrogen-bond acceptors (Lipinski definition) is 6. The Morgan fingerprint density at radius 1 is 1.05 bits per heavy atom. The van der Waals surface area contributed by atoms with Crippen LogP contribution in [0.25, 0.3) is 11.0 Å². The number of amides is 2. The van der Waals surface area contributed by atoms with Gasteiger partial charge < -0.3 is 20.5 Å². The highest BCUT2D eigenvalue weighted by Gasteiger charge is 2.34. The van der Waals surface area contributed by atoms with Crippen molar-refractivity contribution in [1.82, 2.24) is 19.4 Å². The highest BCUT2D eigenvalue weighted by Crippen LogP contribution is 2.35. The molecule has 0 atom stereocenters. The van der Waals surface area contributed by atoms with E-state index in [1.54, 1.807) is 23.1 Å². The number of carbonyl (C=O) groups excluding carboxylic acids is 3. The topological polar surface area (TPSA) is 123 Å². The van der Waals surface area contributed by atoms with Crippen molar-refractivity contribution in [1.29, 1.82) is 0 Å². The number of Topliss-reactive ketones (excluding diaryl/α,β-unsaturated/α-hetero) is 1. The second kappa shape index (κ2) is 12.0. The lowest BCUT2D eigenvalue weighted by atomic mass is 10.0. The van der Waals surface area contributed by atoms with E-state index in [-0.39, 0.29) is 17.4 Å². The smallest absolute Gasteiger partial charge is 0.383 e. The number of ketones is 1. The van der Waals surface area contributed by atoms with Crippen LogP contribution in [0.1, 0.15) is 58.4 Å². The van der Waals surface area contributed by atoms with Crippen LogP contribution in [-0.4, -0.2) is 50.1 Å². The van der Waals surface area contributed by atoms with E-state index >= 15 is 0 Å². The van der Waals surface area contributed by atoms with E-state index in [4.69, 9.17) is 17.3 Å². The summed E-state index contributed by atoms with van der Waals surface area (Å²) in [5.41, 5.74) is 7.82. The van der Waals surface area contributed by atoms with E-state index in [2.05, 4.69) is 27.1 Å². The molecule has 44 heavy (non-hydrogen) atoms. The summed E-state index contributed by atoms with van der Waals surface area (Å²) in [5.74, 6) is 4.77. The molecule has 0 radical (unpaired) electrons. The highest BCUT2D eigenvalue weighted by atomic mass is 35.5. The number of aryl methyl sites for hydroxylation is 1. The monoisotopic (exact) mass is 622 g/mol. The molecule has 3 N–H and O–H groups in total. The molecule has 1 aliphatic heterocycles. The molecule has 226 valence electrons. The van der Waals surface area contributed by atoms with Crippen molar-refractivity contribution in [2.75, 3.05) is 24.1 Å². The zero-order chi connectivity index (χ0) is 31.8. The summed E-state index contributed by atoms with van der Waals surface area (Å²) in [5, 5.41) is 2.70. The maximum absolute atomic E-state index is 13.3. The van der Waals surface area contributed by atoms with Gasteiger partial charge in [-0.1, -0.05) is 29.5 Å². The third kappa shape index (κ3) is 6.23. The number of rotatable bonds is 4. The number of piperidine rings is 1. The summed E-state index contributed by atoms with van der Waals surface area (Å²) >= 11 is 5.68. The van der Waals surface area contributed by atoms with Crippen molar-refractivity contribution in [3.63, 3.8) is 0 Å². The number of nitrogens with one attached hydrogen (secondary N) is 1. The third-order valence-electron chi connectivity index (χ3n) is 7.45. The van der Waals surface area contributed by atoms with Crippen LogP contribution < -0.4 is 11.1 Å². The molecule has 2 amide bonds. The van der Waals surface area contributed by atoms with Crippen LogP contribution in [0.5, 0.6) is 0 Å². The molecule has 3 heterocycles. The Bertz CT molecular complexity index is 1870. The molecule has 13 heteroatoms. The molecule has 9 nitrogen and oxygen atoms in total. The number of anilines is 2. The number of carbonyl (C=O) groups is 3. The number of hydrogen-bond donors (Lipinski definition) is 2. The number of alkyl halides is 3. The van der Waals surface area contributed by atoms with Crippen LogP contribution in [0, 0.1) is 18.8 Å². The van der Waals surface area contributed by atoms with E-state index in [9.17, 15) is 27.6 Å². The normalized spacial score (nSPS) is 13.8. The van der Waals surface area contributed by atoms with E-state index in [1.807, 2.05) is 17.7 Å². The first-order chi connectivity index (χ1) is 20.8. The molecule has 0 saturated carbocycles. The Kier molecular flexibility index (Phi) is 8.34. The van der Waals surface area contributed by atoms with Gasteiger partial charge in [0, 0.05) is 49.1 Å². The minimum absolute atomic E-state index is 0.00985. The van der Waals surface area contributed by atoms with E-state index in [0.29, 0.717) is 59.8 Å². The molecule has 5 rings (SSSR count). The summed E-state index contributed by atoms with van der Waals surface area (Å²) in [6.07, 6.45) is -0.273. The molecule has 1 saturated heterocycles. The van der Waals surface area contributed by atoms with Gasteiger partial charge in [0.25, 0.3) is 11.8 Å². The van der Waals surface area contributed by atoms with Gasteiger partial charge in [0.05, 0.1) is 21.5 Å². The number of benzene rings is 2. The molecule has 0 unspecified atom stereocenters. The zero-order valence-corrected chi connectivity index (χ0v) is 24.4. The number of nitrogens with zero attached hydrogens (tertiary/aromatic N) is 4. The third-order valence-corrected chi connectivity index (χ3v) is 7.78. The molecule has 0 aliphatic carbocycles. The molecule has 0 spiro atoms. The van der Waals surface area contributed by atoms with Crippen molar-refractivity contribution in [2.45, 2.75) is 38.9 Å². The fourth-order valence-corrected chi connectivity index (χ4v) is 5.33. The van der Waals surface area contributed by atoms with E-state index in [0.717, 1.165) is 11.6 Å². The van der Waals surface area contributed by atoms with Crippen molar-refractivity contribution >= 4 is 51.7 Å². The number of fused-ring (bicyclic) bond motifs is 1. The summed E-state index contributed by atoms with van der Waals surface area (Å²) < 4.78 is 41.8. The van der Waals surface area contributed by atoms with Gasteiger partial charge in [-0.05, 0) is 55.7 Å². The summed E-state index contributed by atoms with van der Waals surface area (Å²) in [4.78, 5) is 46.5. The number of nitrogen functional groups attached to an aromatic ring is 1. The standard InChI is InChI=1S/C31H26ClF3N6O3/c1-17-3-7-22(39-29(43)20-6-8-25(32)24(14-20)31(33,34)35)13-19(17)4-5-21-15-41(28-26(21)27(36)37-16-38-28)23-9-11-40(12-10-23)30(44)18(2)42/h3,6-8,13-16,23H,9-12H2,1-2H3,(H,39,43)(H2,36,37,38). The number of likely N-dealkylation sites (tertiary alicyclic amines) is 1. The summed E-state index contributed by atoms with van der Waals surface area (Å²) in [7, 11) is 0. The number of halogens is 4. The van der Waals surface area contributed by atoms with Gasteiger partial charge in [-0.15, -0.1) is 0 Å². The number of aromatic nitrogens is 3. The molecule has 2 aromatic carbocycles. The van der Waals surface area contributed by atoms with Gasteiger partial charge in [0.15, 0.2) is 0 Å². The minimum atomic E-state index is -4.70. The van der Waals surface area contributed by atoms with Crippen LogP contribution in [0.2, 0.25) is 5.02 Å². The molecule has 4 aromatic rings. The summed E-state index contributed by atoms with van der Waals surface area (Å²) in [6.45, 7) is 3.95. The predicted molar refractivity (Wildman–Crippen MR) is 159 cm³/mol. The lowest BCUT2D eigenvalue weighted by Gasteiger charge is -2.32. The van der Waals surface area contributed by atoms with Gasteiger partial charge in [0.1, 0.15) is 17.8 Å². The fourth-order valence-electron chi connectivity index (χ4n) is 5.11. The fraction of sp³-hybridized carbons (Fsp3) is 0.258. The van der Waals surface area contributed by atoms with Crippen LogP contribution in [-0.2, 0) is 15.8 Å². The Morgan fingerprint density at radius 2 is 1.75 bits per heavy atom. The van der Waals surface area contributed by atoms with Gasteiger partial charge in [-0.3, -0.25) is 14.4 Å². The Balaban J connectivity index is 1.41. The van der Waals surface area contributed by atoms with Gasteiger partial charge >= 0.3 is 6.18 Å². The molecular weight excluding hydrogens is 597 g/mol. The SMILES string of the molecule is CC(=O)C(=O)N1CCC(n2cc(C#Cc3cc(NC(=O)c4ccc(Cl)c(C(F)(F)F)c4)ccc3C)c3c(N)ncnc32)CC1. The van der Waals surface area contributed by atoms with E-state index in [1.165, 1.54) is 19.3 Å². The van der Waals surface area contributed by atoms with Crippen molar-refractivity contribution in [2.24, 2.45) is 0 Å². The first-order valence-electron chi connectivity index (χ1n) is 13.5. The largest absolute Gasteiger partial charge is 0.417 e.